The Morgan fingerprint density at radius 3 is 1.68 bits per heavy atom. The number of hydrogen-bond donors (Lipinski definition) is 7. The SMILES string of the molecule is CC(C)(C)[C@H](N)C(=O)O.C[C@@H](OC(C)(C)C)[C@H](N)C(=O)O.NCC(=O)O.O=Cc1cc(Cl)cc(Cl)c1O. The maximum atomic E-state index is 10.4. The van der Waals surface area contributed by atoms with Gasteiger partial charge >= 0.3 is 17.9 Å². The number of carbonyl (C=O) groups excluding carboxylic acids is 1. The van der Waals surface area contributed by atoms with Crippen LogP contribution >= 0.6 is 23.2 Å². The largest absolute Gasteiger partial charge is 0.506 e. The Labute approximate surface area is 226 Å². The number of aromatic hydroxyl groups is 1. The zero-order valence-corrected chi connectivity index (χ0v) is 23.5. The van der Waals surface area contributed by atoms with Crippen molar-refractivity contribution in [3.63, 3.8) is 0 Å². The second-order valence-electron chi connectivity index (χ2n) is 9.52. The molecule has 0 spiro atoms. The standard InChI is InChI=1S/C8H17NO3.C7H4Cl2O2.C6H13NO2.C2H5NO2/c1-5(6(9)7(10)11)12-8(2,3)4;8-5-1-4(3-10)7(11)6(9)2-5;1-6(2,3)4(7)5(8)9;3-1-2(4)5/h5-6H,9H2,1-4H3,(H,10,11);1-3,11H;4H,7H2,1-3H3,(H,8,9);1,3H2,(H,4,5)/t5-,6+;;4-;/m1.1./s1. The van der Waals surface area contributed by atoms with Crippen molar-refractivity contribution >= 4 is 47.4 Å². The molecule has 214 valence electrons. The van der Waals surface area contributed by atoms with E-state index < -0.39 is 36.1 Å². The van der Waals surface area contributed by atoms with Crippen molar-refractivity contribution < 1.29 is 44.3 Å². The molecule has 0 bridgehead atoms. The van der Waals surface area contributed by atoms with Crippen molar-refractivity contribution in [3.05, 3.63) is 27.7 Å². The molecule has 0 fully saturated rings. The van der Waals surface area contributed by atoms with Crippen molar-refractivity contribution in [1.29, 1.82) is 0 Å². The monoisotopic (exact) mass is 571 g/mol. The second-order valence-corrected chi connectivity index (χ2v) is 10.4. The predicted octanol–water partition coefficient (Wildman–Crippen LogP) is 2.59. The molecular formula is C23H39Cl2N3O9. The Morgan fingerprint density at radius 2 is 1.43 bits per heavy atom. The predicted molar refractivity (Wildman–Crippen MR) is 141 cm³/mol. The average Bonchev–Trinajstić information content (AvgIpc) is 2.74. The molecule has 0 aliphatic heterocycles. The summed E-state index contributed by atoms with van der Waals surface area (Å²) in [6.45, 7) is 12.3. The fourth-order valence-electron chi connectivity index (χ4n) is 1.88. The minimum atomic E-state index is -1.04. The summed E-state index contributed by atoms with van der Waals surface area (Å²) in [5.74, 6) is -3.18. The molecule has 0 aliphatic carbocycles. The van der Waals surface area contributed by atoms with Gasteiger partial charge < -0.3 is 42.4 Å². The van der Waals surface area contributed by atoms with Gasteiger partial charge in [0.1, 0.15) is 17.8 Å². The average molecular weight is 572 g/mol. The smallest absolute Gasteiger partial charge is 0.323 e. The van der Waals surface area contributed by atoms with Crippen molar-refractivity contribution in [2.24, 2.45) is 22.6 Å². The Kier molecular flexibility index (Phi) is 18.9. The van der Waals surface area contributed by atoms with Crippen LogP contribution in [0.25, 0.3) is 0 Å². The number of benzene rings is 1. The van der Waals surface area contributed by atoms with Crippen molar-refractivity contribution in [3.8, 4) is 5.75 Å². The normalized spacial score (nSPS) is 13.1. The van der Waals surface area contributed by atoms with Gasteiger partial charge in [-0.15, -0.1) is 0 Å². The number of aldehydes is 1. The first kappa shape index (κ1) is 39.0. The summed E-state index contributed by atoms with van der Waals surface area (Å²) >= 11 is 11.1. The van der Waals surface area contributed by atoms with Crippen LogP contribution in [0.3, 0.4) is 0 Å². The van der Waals surface area contributed by atoms with Gasteiger partial charge in [0.05, 0.1) is 28.8 Å². The Bertz CT molecular complexity index is 885. The maximum absolute atomic E-state index is 10.4. The third kappa shape index (κ3) is 20.3. The van der Waals surface area contributed by atoms with Crippen LogP contribution < -0.4 is 17.2 Å². The van der Waals surface area contributed by atoms with Gasteiger partial charge in [-0.3, -0.25) is 19.2 Å². The van der Waals surface area contributed by atoms with Gasteiger partial charge in [-0.25, -0.2) is 0 Å². The van der Waals surface area contributed by atoms with E-state index in [2.05, 4.69) is 5.73 Å². The molecule has 0 aliphatic rings. The number of carboxylic acids is 3. The van der Waals surface area contributed by atoms with E-state index in [0.717, 1.165) is 0 Å². The molecule has 1 rings (SSSR count). The van der Waals surface area contributed by atoms with Crippen LogP contribution in [0.15, 0.2) is 12.1 Å². The second kappa shape index (κ2) is 17.9. The molecule has 0 heterocycles. The summed E-state index contributed by atoms with van der Waals surface area (Å²) in [6, 6.07) is 0.989. The summed E-state index contributed by atoms with van der Waals surface area (Å²) in [5, 5.41) is 34.0. The number of rotatable bonds is 6. The number of phenolic OH excluding ortho intramolecular Hbond substituents is 1. The third-order valence-electron chi connectivity index (χ3n) is 3.89. The molecule has 1 aromatic carbocycles. The van der Waals surface area contributed by atoms with Gasteiger partial charge in [-0.05, 0) is 45.2 Å². The Morgan fingerprint density at radius 1 is 1.00 bits per heavy atom. The van der Waals surface area contributed by atoms with Gasteiger partial charge in [-0.1, -0.05) is 44.0 Å². The van der Waals surface area contributed by atoms with Crippen molar-refractivity contribution in [1.82, 2.24) is 0 Å². The number of nitrogens with two attached hydrogens (primary N) is 3. The van der Waals surface area contributed by atoms with Gasteiger partial charge in [0, 0.05) is 5.02 Å². The van der Waals surface area contributed by atoms with E-state index in [1.54, 1.807) is 27.7 Å². The summed E-state index contributed by atoms with van der Waals surface area (Å²) in [4.78, 5) is 40.1. The molecule has 0 radical (unpaired) electrons. The van der Waals surface area contributed by atoms with E-state index in [4.69, 9.17) is 59.8 Å². The summed E-state index contributed by atoms with van der Waals surface area (Å²) in [7, 11) is 0. The highest BCUT2D eigenvalue weighted by Crippen LogP contribution is 2.29. The first-order chi connectivity index (χ1) is 16.5. The highest BCUT2D eigenvalue weighted by atomic mass is 35.5. The first-order valence-corrected chi connectivity index (χ1v) is 11.5. The lowest BCUT2D eigenvalue weighted by Gasteiger charge is -2.26. The zero-order chi connectivity index (χ0) is 30.3. The van der Waals surface area contributed by atoms with E-state index in [1.165, 1.54) is 12.1 Å². The number of carbonyl (C=O) groups is 4. The van der Waals surface area contributed by atoms with E-state index in [1.807, 2.05) is 20.8 Å². The fraction of sp³-hybridized carbons (Fsp3) is 0.565. The number of ether oxygens (including phenoxy) is 1. The molecule has 0 aromatic heterocycles. The van der Waals surface area contributed by atoms with Gasteiger partial charge in [0.2, 0.25) is 0 Å². The molecule has 37 heavy (non-hydrogen) atoms. The molecule has 14 heteroatoms. The molecule has 10 N–H and O–H groups in total. The number of hydrogen-bond acceptors (Lipinski definition) is 9. The van der Waals surface area contributed by atoms with Crippen LogP contribution in [0, 0.1) is 5.41 Å². The quantitative estimate of drug-likeness (QED) is 0.244. The molecule has 0 saturated carbocycles. The van der Waals surface area contributed by atoms with Gasteiger partial charge in [-0.2, -0.15) is 0 Å². The number of aliphatic carboxylic acids is 3. The topological polar surface area (TPSA) is 236 Å². The highest BCUT2D eigenvalue weighted by molar-refractivity contribution is 6.36. The van der Waals surface area contributed by atoms with Crippen LogP contribution in [0.5, 0.6) is 5.75 Å². The Hall–Kier alpha value is -2.48. The summed E-state index contributed by atoms with van der Waals surface area (Å²) < 4.78 is 5.35. The molecule has 12 nitrogen and oxygen atoms in total. The van der Waals surface area contributed by atoms with Crippen LogP contribution in [0.1, 0.15) is 58.8 Å². The number of halogens is 2. The highest BCUT2D eigenvalue weighted by Gasteiger charge is 2.26. The lowest BCUT2D eigenvalue weighted by Crippen LogP contribution is -2.44. The lowest BCUT2D eigenvalue weighted by molar-refractivity contribution is -0.145. The van der Waals surface area contributed by atoms with Crippen LogP contribution in [-0.2, 0) is 19.1 Å². The molecule has 0 amide bonds. The van der Waals surface area contributed by atoms with Gasteiger partial charge in [0.25, 0.3) is 0 Å². The first-order valence-electron chi connectivity index (χ1n) is 10.7. The number of phenols is 1. The fourth-order valence-corrected chi connectivity index (χ4v) is 2.39. The molecule has 0 unspecified atom stereocenters. The van der Waals surface area contributed by atoms with Gasteiger partial charge in [0.15, 0.2) is 6.29 Å². The van der Waals surface area contributed by atoms with E-state index in [0.29, 0.717) is 11.3 Å². The minimum Gasteiger partial charge on any atom is -0.506 e. The van der Waals surface area contributed by atoms with Crippen molar-refractivity contribution in [2.45, 2.75) is 72.3 Å². The third-order valence-corrected chi connectivity index (χ3v) is 4.39. The molecule has 0 saturated heterocycles. The minimum absolute atomic E-state index is 0.0830. The lowest BCUT2D eigenvalue weighted by atomic mass is 9.88. The van der Waals surface area contributed by atoms with E-state index in [-0.39, 0.29) is 33.9 Å². The number of carboxylic acid groups (broad SMARTS) is 3. The Balaban J connectivity index is -0.000000433. The van der Waals surface area contributed by atoms with Crippen LogP contribution in [0.4, 0.5) is 0 Å². The van der Waals surface area contributed by atoms with Crippen molar-refractivity contribution in [2.75, 3.05) is 6.54 Å². The molecule has 3 atom stereocenters. The maximum Gasteiger partial charge on any atom is 0.323 e. The summed E-state index contributed by atoms with van der Waals surface area (Å²) in [5.41, 5.74) is 14.6. The zero-order valence-electron chi connectivity index (χ0n) is 22.0. The van der Waals surface area contributed by atoms with E-state index in [9.17, 15) is 19.2 Å². The molecular weight excluding hydrogens is 533 g/mol. The molecule has 1 aromatic rings. The van der Waals surface area contributed by atoms with Crippen LogP contribution in [-0.4, -0.2) is 75.0 Å². The van der Waals surface area contributed by atoms with Crippen LogP contribution in [0.2, 0.25) is 10.0 Å². The summed E-state index contributed by atoms with van der Waals surface area (Å²) in [6.07, 6.45) is 0.0232. The van der Waals surface area contributed by atoms with E-state index >= 15 is 0 Å².